The fraction of sp³-hybridized carbons (Fsp3) is 0.435. The van der Waals surface area contributed by atoms with Crippen LogP contribution in [0.5, 0.6) is 5.75 Å². The van der Waals surface area contributed by atoms with Crippen LogP contribution in [-0.4, -0.2) is 27.0 Å². The molecule has 2 aromatic rings. The molecule has 1 amide bonds. The molecule has 0 heterocycles. The molecule has 1 saturated carbocycles. The topological polar surface area (TPSA) is 84.5 Å². The second-order valence-electron chi connectivity index (χ2n) is 7.94. The number of sulfonamides is 1. The third-order valence-electron chi connectivity index (χ3n) is 5.38. The highest BCUT2D eigenvalue weighted by Gasteiger charge is 2.17. The summed E-state index contributed by atoms with van der Waals surface area (Å²) in [5.74, 6) is -0.160. The molecule has 0 aliphatic heterocycles. The number of carbonyl (C=O) groups is 1. The predicted molar refractivity (Wildman–Crippen MR) is 118 cm³/mol. The SMILES string of the molecule is Cc1cc(S(=O)(=O)Nc2ccc(F)cc2)ccc1OCC(=O)NC1CCCCCCC1. The maximum atomic E-state index is 13.0. The molecule has 0 saturated heterocycles. The van der Waals surface area contributed by atoms with Gasteiger partial charge in [0.1, 0.15) is 11.6 Å². The van der Waals surface area contributed by atoms with E-state index in [1.807, 2.05) is 0 Å². The quantitative estimate of drug-likeness (QED) is 0.651. The second kappa shape index (κ2) is 10.6. The molecule has 0 bridgehead atoms. The summed E-state index contributed by atoms with van der Waals surface area (Å²) in [7, 11) is -3.83. The molecular weight excluding hydrogens is 419 g/mol. The maximum Gasteiger partial charge on any atom is 0.261 e. The van der Waals surface area contributed by atoms with Crippen LogP contribution in [0.2, 0.25) is 0 Å². The number of amides is 1. The van der Waals surface area contributed by atoms with Gasteiger partial charge in [0.05, 0.1) is 4.90 Å². The van der Waals surface area contributed by atoms with Crippen LogP contribution in [0.15, 0.2) is 47.4 Å². The normalized spacial score (nSPS) is 15.5. The molecule has 0 radical (unpaired) electrons. The van der Waals surface area contributed by atoms with Gasteiger partial charge in [-0.1, -0.05) is 32.1 Å². The van der Waals surface area contributed by atoms with E-state index in [0.29, 0.717) is 11.3 Å². The summed E-state index contributed by atoms with van der Waals surface area (Å²) in [5, 5.41) is 3.05. The van der Waals surface area contributed by atoms with Crippen LogP contribution in [0, 0.1) is 12.7 Å². The lowest BCUT2D eigenvalue weighted by molar-refractivity contribution is -0.123. The van der Waals surface area contributed by atoms with E-state index in [0.717, 1.165) is 25.7 Å². The lowest BCUT2D eigenvalue weighted by Crippen LogP contribution is -2.38. The molecular formula is C23H29FN2O4S. The molecule has 0 atom stereocenters. The van der Waals surface area contributed by atoms with Crippen molar-refractivity contribution < 1.29 is 22.3 Å². The zero-order valence-electron chi connectivity index (χ0n) is 17.7. The van der Waals surface area contributed by atoms with Gasteiger partial charge in [0, 0.05) is 11.7 Å². The predicted octanol–water partition coefficient (Wildman–Crippen LogP) is 4.54. The third kappa shape index (κ3) is 6.95. The monoisotopic (exact) mass is 448 g/mol. The Labute approximate surface area is 183 Å². The van der Waals surface area contributed by atoms with Crippen molar-refractivity contribution >= 4 is 21.6 Å². The van der Waals surface area contributed by atoms with E-state index >= 15 is 0 Å². The van der Waals surface area contributed by atoms with Gasteiger partial charge >= 0.3 is 0 Å². The van der Waals surface area contributed by atoms with Gasteiger partial charge in [-0.15, -0.1) is 0 Å². The molecule has 1 aliphatic carbocycles. The van der Waals surface area contributed by atoms with Gasteiger partial charge in [0.2, 0.25) is 0 Å². The number of hydrogen-bond acceptors (Lipinski definition) is 4. The highest BCUT2D eigenvalue weighted by Crippen LogP contribution is 2.24. The summed E-state index contributed by atoms with van der Waals surface area (Å²) in [6.45, 7) is 1.61. The fourth-order valence-corrected chi connectivity index (χ4v) is 4.84. The van der Waals surface area contributed by atoms with Gasteiger partial charge in [0.25, 0.3) is 15.9 Å². The minimum atomic E-state index is -3.83. The van der Waals surface area contributed by atoms with Crippen LogP contribution in [0.3, 0.4) is 0 Å². The number of benzene rings is 2. The van der Waals surface area contributed by atoms with Crippen LogP contribution >= 0.6 is 0 Å². The van der Waals surface area contributed by atoms with Gasteiger partial charge in [-0.05, 0) is 67.8 Å². The first kappa shape index (κ1) is 23.1. The Kier molecular flexibility index (Phi) is 7.90. The molecule has 1 fully saturated rings. The maximum absolute atomic E-state index is 13.0. The Bertz CT molecular complexity index is 985. The zero-order valence-corrected chi connectivity index (χ0v) is 18.5. The van der Waals surface area contributed by atoms with Crippen molar-refractivity contribution in [2.75, 3.05) is 11.3 Å². The molecule has 2 N–H and O–H groups in total. The van der Waals surface area contributed by atoms with Gasteiger partial charge < -0.3 is 10.1 Å². The summed E-state index contributed by atoms with van der Waals surface area (Å²) < 4.78 is 46.2. The fourth-order valence-electron chi connectivity index (χ4n) is 3.70. The highest BCUT2D eigenvalue weighted by molar-refractivity contribution is 7.92. The Morgan fingerprint density at radius 2 is 1.68 bits per heavy atom. The van der Waals surface area contributed by atoms with Crippen molar-refractivity contribution in [3.05, 3.63) is 53.8 Å². The van der Waals surface area contributed by atoms with Crippen LogP contribution < -0.4 is 14.8 Å². The Hall–Kier alpha value is -2.61. The molecule has 0 aromatic heterocycles. The Morgan fingerprint density at radius 3 is 2.32 bits per heavy atom. The third-order valence-corrected chi connectivity index (χ3v) is 6.76. The van der Waals surface area contributed by atoms with Crippen molar-refractivity contribution in [2.45, 2.75) is 62.8 Å². The molecule has 6 nitrogen and oxygen atoms in total. The Balaban J connectivity index is 1.57. The van der Waals surface area contributed by atoms with Crippen LogP contribution in [0.4, 0.5) is 10.1 Å². The van der Waals surface area contributed by atoms with E-state index in [9.17, 15) is 17.6 Å². The minimum absolute atomic E-state index is 0.0562. The van der Waals surface area contributed by atoms with Crippen molar-refractivity contribution in [3.8, 4) is 5.75 Å². The standard InChI is InChI=1S/C23H29FN2O4S/c1-17-15-21(31(28,29)26-20-11-9-18(24)10-12-20)13-14-22(17)30-16-23(27)25-19-7-5-3-2-4-6-8-19/h9-15,19,26H,2-8,16H2,1H3,(H,25,27). The smallest absolute Gasteiger partial charge is 0.261 e. The first-order valence-electron chi connectivity index (χ1n) is 10.6. The van der Waals surface area contributed by atoms with Crippen molar-refractivity contribution in [1.29, 1.82) is 0 Å². The van der Waals surface area contributed by atoms with Gasteiger partial charge in [-0.2, -0.15) is 0 Å². The van der Waals surface area contributed by atoms with E-state index in [1.54, 1.807) is 6.92 Å². The molecule has 3 rings (SSSR count). The second-order valence-corrected chi connectivity index (χ2v) is 9.62. The number of rotatable bonds is 7. The van der Waals surface area contributed by atoms with Gasteiger partial charge in [-0.3, -0.25) is 9.52 Å². The number of nitrogens with one attached hydrogen (secondary N) is 2. The molecule has 8 heteroatoms. The number of hydrogen-bond donors (Lipinski definition) is 2. The molecule has 1 aliphatic rings. The van der Waals surface area contributed by atoms with Crippen molar-refractivity contribution in [2.24, 2.45) is 0 Å². The summed E-state index contributed by atoms with van der Waals surface area (Å²) in [6, 6.07) is 9.70. The summed E-state index contributed by atoms with van der Waals surface area (Å²) in [4.78, 5) is 12.3. The van der Waals surface area contributed by atoms with E-state index < -0.39 is 15.8 Å². The van der Waals surface area contributed by atoms with Crippen molar-refractivity contribution in [1.82, 2.24) is 5.32 Å². The van der Waals surface area contributed by atoms with E-state index in [1.165, 1.54) is 61.7 Å². The highest BCUT2D eigenvalue weighted by atomic mass is 32.2. The number of ether oxygens (including phenoxy) is 1. The summed E-state index contributed by atoms with van der Waals surface area (Å²) in [6.07, 6.45) is 7.96. The number of aryl methyl sites for hydroxylation is 1. The van der Waals surface area contributed by atoms with Crippen molar-refractivity contribution in [3.63, 3.8) is 0 Å². The molecule has 0 spiro atoms. The lowest BCUT2D eigenvalue weighted by Gasteiger charge is -2.21. The van der Waals surface area contributed by atoms with E-state index in [4.69, 9.17) is 4.74 Å². The largest absolute Gasteiger partial charge is 0.484 e. The lowest BCUT2D eigenvalue weighted by atomic mass is 9.97. The van der Waals surface area contributed by atoms with Crippen LogP contribution in [0.1, 0.15) is 50.5 Å². The molecule has 2 aromatic carbocycles. The number of anilines is 1. The van der Waals surface area contributed by atoms with Crippen LogP contribution in [0.25, 0.3) is 0 Å². The van der Waals surface area contributed by atoms with Crippen LogP contribution in [-0.2, 0) is 14.8 Å². The first-order chi connectivity index (χ1) is 14.8. The molecule has 168 valence electrons. The van der Waals surface area contributed by atoms with Gasteiger partial charge in [-0.25, -0.2) is 12.8 Å². The number of carbonyl (C=O) groups excluding carboxylic acids is 1. The Morgan fingerprint density at radius 1 is 1.03 bits per heavy atom. The molecule has 0 unspecified atom stereocenters. The minimum Gasteiger partial charge on any atom is -0.484 e. The number of halogens is 1. The first-order valence-corrected chi connectivity index (χ1v) is 12.1. The zero-order chi connectivity index (χ0) is 22.3. The summed E-state index contributed by atoms with van der Waals surface area (Å²) in [5.41, 5.74) is 0.867. The average molecular weight is 449 g/mol. The average Bonchev–Trinajstić information content (AvgIpc) is 2.70. The molecule has 31 heavy (non-hydrogen) atoms. The van der Waals surface area contributed by atoms with Gasteiger partial charge in [0.15, 0.2) is 6.61 Å². The van der Waals surface area contributed by atoms with E-state index in [2.05, 4.69) is 10.0 Å². The van der Waals surface area contributed by atoms with E-state index in [-0.39, 0.29) is 29.1 Å². The summed E-state index contributed by atoms with van der Waals surface area (Å²) >= 11 is 0.